The molecule has 0 radical (unpaired) electrons. The van der Waals surface area contributed by atoms with Gasteiger partial charge in [0.15, 0.2) is 0 Å². The van der Waals surface area contributed by atoms with Gasteiger partial charge in [-0.1, -0.05) is 6.92 Å². The normalized spacial score (nSPS) is 11.0. The highest BCUT2D eigenvalue weighted by Crippen LogP contribution is 2.22. The van der Waals surface area contributed by atoms with Gasteiger partial charge in [0.25, 0.3) is 5.91 Å². The van der Waals surface area contributed by atoms with E-state index in [1.807, 2.05) is 6.92 Å². The zero-order chi connectivity index (χ0) is 18.2. The summed E-state index contributed by atoms with van der Waals surface area (Å²) < 4.78 is 0. The van der Waals surface area contributed by atoms with Gasteiger partial charge in [-0.15, -0.1) is 0 Å². The Kier molecular flexibility index (Phi) is 6.22. The molecule has 0 aliphatic heterocycles. The summed E-state index contributed by atoms with van der Waals surface area (Å²) in [5, 5.41) is 16.8. The highest BCUT2D eigenvalue weighted by Gasteiger charge is 2.09. The molecule has 0 saturated heterocycles. The van der Waals surface area contributed by atoms with Crippen molar-refractivity contribution in [3.63, 3.8) is 0 Å². The van der Waals surface area contributed by atoms with E-state index in [-0.39, 0.29) is 17.6 Å². The number of phenols is 1. The van der Waals surface area contributed by atoms with Crippen molar-refractivity contribution in [3.05, 3.63) is 53.9 Å². The second kappa shape index (κ2) is 8.58. The van der Waals surface area contributed by atoms with E-state index in [0.29, 0.717) is 28.9 Å². The number of hydrazone groups is 1. The van der Waals surface area contributed by atoms with E-state index in [1.165, 1.54) is 18.5 Å². The lowest BCUT2D eigenvalue weighted by Gasteiger charge is -2.09. The van der Waals surface area contributed by atoms with Crippen LogP contribution in [0.1, 0.15) is 42.6 Å². The Hall–Kier alpha value is -3.22. The van der Waals surface area contributed by atoms with Gasteiger partial charge >= 0.3 is 0 Å². The minimum Gasteiger partial charge on any atom is -0.507 e. The molecule has 1 aromatic heterocycles. The zero-order valence-corrected chi connectivity index (χ0v) is 14.1. The molecule has 1 aromatic carbocycles. The molecule has 7 nitrogen and oxygen atoms in total. The van der Waals surface area contributed by atoms with Crippen molar-refractivity contribution >= 4 is 23.2 Å². The van der Waals surface area contributed by atoms with Crippen molar-refractivity contribution in [1.82, 2.24) is 10.4 Å². The molecular weight excluding hydrogens is 320 g/mol. The maximum absolute atomic E-state index is 12.0. The number of hydrogen-bond acceptors (Lipinski definition) is 5. The van der Waals surface area contributed by atoms with Crippen LogP contribution in [0.5, 0.6) is 5.75 Å². The van der Waals surface area contributed by atoms with Crippen LogP contribution in [0.3, 0.4) is 0 Å². The number of hydrogen-bond donors (Lipinski definition) is 3. The Balaban J connectivity index is 2.13. The molecule has 1 heterocycles. The number of phenolic OH excluding ortho intramolecular Hbond substituents is 1. The Bertz CT molecular complexity index is 788. The summed E-state index contributed by atoms with van der Waals surface area (Å²) in [6, 6.07) is 7.83. The molecule has 0 spiro atoms. The van der Waals surface area contributed by atoms with Crippen LogP contribution in [-0.2, 0) is 4.79 Å². The van der Waals surface area contributed by atoms with Gasteiger partial charge in [0, 0.05) is 35.6 Å². The first-order chi connectivity index (χ1) is 12.0. The van der Waals surface area contributed by atoms with E-state index >= 15 is 0 Å². The van der Waals surface area contributed by atoms with Crippen LogP contribution in [0.4, 0.5) is 5.69 Å². The summed E-state index contributed by atoms with van der Waals surface area (Å²) in [7, 11) is 0. The van der Waals surface area contributed by atoms with Gasteiger partial charge in [-0.2, -0.15) is 5.10 Å². The molecule has 25 heavy (non-hydrogen) atoms. The lowest BCUT2D eigenvalue weighted by Crippen LogP contribution is -2.19. The standard InChI is InChI=1S/C18H20N4O3/c1-3-4-17(24)20-14-5-6-16(23)15(11-14)12(2)21-22-18(25)13-7-9-19-10-8-13/h5-11,23H,3-4H2,1-2H3,(H,20,24)(H,22,25)/b21-12+. The lowest BCUT2D eigenvalue weighted by atomic mass is 10.1. The van der Waals surface area contributed by atoms with Crippen molar-refractivity contribution in [1.29, 1.82) is 0 Å². The average molecular weight is 340 g/mol. The summed E-state index contributed by atoms with van der Waals surface area (Å²) in [5.74, 6) is -0.471. The van der Waals surface area contributed by atoms with E-state index in [1.54, 1.807) is 31.2 Å². The largest absolute Gasteiger partial charge is 0.507 e. The Morgan fingerprint density at radius 2 is 1.92 bits per heavy atom. The molecule has 2 aromatic rings. The monoisotopic (exact) mass is 340 g/mol. The number of rotatable bonds is 6. The number of anilines is 1. The third kappa shape index (κ3) is 5.13. The number of carbonyl (C=O) groups excluding carboxylic acids is 2. The molecule has 0 bridgehead atoms. The molecule has 0 aliphatic carbocycles. The Labute approximate surface area is 145 Å². The molecule has 2 rings (SSSR count). The van der Waals surface area contributed by atoms with Gasteiger partial charge in [-0.25, -0.2) is 5.43 Å². The number of benzene rings is 1. The van der Waals surface area contributed by atoms with Crippen molar-refractivity contribution in [3.8, 4) is 5.75 Å². The van der Waals surface area contributed by atoms with Crippen molar-refractivity contribution in [2.75, 3.05) is 5.32 Å². The second-order valence-corrected chi connectivity index (χ2v) is 5.40. The van der Waals surface area contributed by atoms with Gasteiger partial charge in [-0.05, 0) is 43.7 Å². The van der Waals surface area contributed by atoms with Crippen molar-refractivity contribution in [2.45, 2.75) is 26.7 Å². The maximum Gasteiger partial charge on any atom is 0.271 e. The highest BCUT2D eigenvalue weighted by atomic mass is 16.3. The van der Waals surface area contributed by atoms with Gasteiger partial charge < -0.3 is 10.4 Å². The van der Waals surface area contributed by atoms with Gasteiger partial charge in [0.1, 0.15) is 5.75 Å². The minimum absolute atomic E-state index is 0.00732. The first-order valence-corrected chi connectivity index (χ1v) is 7.89. The second-order valence-electron chi connectivity index (χ2n) is 5.40. The van der Waals surface area contributed by atoms with Crippen LogP contribution in [0, 0.1) is 0 Å². The molecule has 0 unspecified atom stereocenters. The highest BCUT2D eigenvalue weighted by molar-refractivity contribution is 6.04. The number of carbonyl (C=O) groups is 2. The lowest BCUT2D eigenvalue weighted by molar-refractivity contribution is -0.116. The number of aromatic nitrogens is 1. The van der Waals surface area contributed by atoms with Crippen LogP contribution in [-0.4, -0.2) is 27.6 Å². The van der Waals surface area contributed by atoms with Crippen molar-refractivity contribution < 1.29 is 14.7 Å². The van der Waals surface area contributed by atoms with Gasteiger partial charge in [0.05, 0.1) is 5.71 Å². The van der Waals surface area contributed by atoms with Crippen LogP contribution < -0.4 is 10.7 Å². The Morgan fingerprint density at radius 3 is 2.60 bits per heavy atom. The summed E-state index contributed by atoms with van der Waals surface area (Å²) in [6.45, 7) is 3.57. The number of aromatic hydroxyl groups is 1. The maximum atomic E-state index is 12.0. The number of nitrogens with zero attached hydrogens (tertiary/aromatic N) is 2. The molecule has 2 amide bonds. The molecule has 0 saturated carbocycles. The van der Waals surface area contributed by atoms with E-state index in [0.717, 1.165) is 6.42 Å². The summed E-state index contributed by atoms with van der Waals surface area (Å²) >= 11 is 0. The quantitative estimate of drug-likeness (QED) is 0.427. The SMILES string of the molecule is CCCC(=O)Nc1ccc(O)c(/C(C)=N/NC(=O)c2ccncc2)c1. The van der Waals surface area contributed by atoms with E-state index in [2.05, 4.69) is 20.8 Å². The number of nitrogens with one attached hydrogen (secondary N) is 2. The fraction of sp³-hybridized carbons (Fsp3) is 0.222. The van der Waals surface area contributed by atoms with Crippen LogP contribution in [0.2, 0.25) is 0 Å². The number of amides is 2. The molecule has 0 atom stereocenters. The summed E-state index contributed by atoms with van der Waals surface area (Å²) in [6.07, 6.45) is 4.20. The summed E-state index contributed by atoms with van der Waals surface area (Å²) in [4.78, 5) is 27.5. The van der Waals surface area contributed by atoms with Crippen LogP contribution in [0.15, 0.2) is 47.8 Å². The summed E-state index contributed by atoms with van der Waals surface area (Å²) in [5.41, 5.74) is 4.24. The predicted molar refractivity (Wildman–Crippen MR) is 95.6 cm³/mol. The molecule has 0 fully saturated rings. The Morgan fingerprint density at radius 1 is 1.20 bits per heavy atom. The predicted octanol–water partition coefficient (Wildman–Crippen LogP) is 2.68. The molecular formula is C18H20N4O3. The molecule has 7 heteroatoms. The van der Waals surface area contributed by atoms with Gasteiger partial charge in [-0.3, -0.25) is 14.6 Å². The van der Waals surface area contributed by atoms with E-state index in [4.69, 9.17) is 0 Å². The van der Waals surface area contributed by atoms with Crippen molar-refractivity contribution in [2.24, 2.45) is 5.10 Å². The third-order valence-corrected chi connectivity index (χ3v) is 3.41. The zero-order valence-electron chi connectivity index (χ0n) is 14.1. The minimum atomic E-state index is -0.381. The van der Waals surface area contributed by atoms with E-state index in [9.17, 15) is 14.7 Å². The first-order valence-electron chi connectivity index (χ1n) is 7.89. The molecule has 3 N–H and O–H groups in total. The number of pyridine rings is 1. The average Bonchev–Trinajstić information content (AvgIpc) is 2.62. The molecule has 130 valence electrons. The smallest absolute Gasteiger partial charge is 0.271 e. The fourth-order valence-corrected chi connectivity index (χ4v) is 2.12. The fourth-order valence-electron chi connectivity index (χ4n) is 2.12. The van der Waals surface area contributed by atoms with Crippen LogP contribution in [0.25, 0.3) is 0 Å². The first kappa shape index (κ1) is 18.1. The topological polar surface area (TPSA) is 104 Å². The van der Waals surface area contributed by atoms with E-state index < -0.39 is 0 Å². The van der Waals surface area contributed by atoms with Crippen LogP contribution >= 0.6 is 0 Å². The third-order valence-electron chi connectivity index (χ3n) is 3.41. The van der Waals surface area contributed by atoms with Gasteiger partial charge in [0.2, 0.25) is 5.91 Å². The molecule has 0 aliphatic rings.